The maximum atomic E-state index is 12.3. The third kappa shape index (κ3) is 2.97. The summed E-state index contributed by atoms with van der Waals surface area (Å²) in [7, 11) is 0. The second-order valence-electron chi connectivity index (χ2n) is 6.13. The Balaban J connectivity index is 1.98. The van der Waals surface area contributed by atoms with Crippen LogP contribution in [0.2, 0.25) is 0 Å². The number of carboxylic acid groups (broad SMARTS) is 1. The molecule has 0 bridgehead atoms. The molecular weight excluding hydrogens is 324 g/mol. The number of thiophene rings is 1. The molecule has 0 saturated heterocycles. The van der Waals surface area contributed by atoms with Crippen molar-refractivity contribution in [2.45, 2.75) is 33.1 Å². The lowest BCUT2D eigenvalue weighted by Gasteiger charge is -2.06. The van der Waals surface area contributed by atoms with E-state index in [4.69, 9.17) is 0 Å². The maximum Gasteiger partial charge on any atom is 0.346 e. The van der Waals surface area contributed by atoms with Crippen molar-refractivity contribution >= 4 is 27.5 Å². The monoisotopic (exact) mass is 342 g/mol. The zero-order chi connectivity index (χ0) is 17.4. The number of aromatic carboxylic acids is 1. The van der Waals surface area contributed by atoms with Gasteiger partial charge in [-0.2, -0.15) is 0 Å². The quantitative estimate of drug-likeness (QED) is 0.757. The van der Waals surface area contributed by atoms with Crippen molar-refractivity contribution in [1.29, 1.82) is 0 Å². The Morgan fingerprint density at radius 2 is 1.96 bits per heavy atom. The normalized spacial score (nSPS) is 11.3. The molecule has 1 aromatic carbocycles. The molecule has 2 aromatic heterocycles. The van der Waals surface area contributed by atoms with E-state index in [1.165, 1.54) is 5.56 Å². The van der Waals surface area contributed by atoms with Crippen LogP contribution in [0.25, 0.3) is 10.2 Å². The number of aromatic amines is 1. The SMILES string of the molecule is Cc1c(C(=O)O)sc2nc(Cc3ccc(C(C)C)cc3)[nH]c(=O)c12. The molecule has 0 atom stereocenters. The van der Waals surface area contributed by atoms with Gasteiger partial charge in [0.05, 0.1) is 5.39 Å². The summed E-state index contributed by atoms with van der Waals surface area (Å²) in [6.07, 6.45) is 0.503. The minimum atomic E-state index is -1.03. The Kier molecular flexibility index (Phi) is 4.24. The van der Waals surface area contributed by atoms with Crippen molar-refractivity contribution in [1.82, 2.24) is 9.97 Å². The lowest BCUT2D eigenvalue weighted by molar-refractivity contribution is 0.0701. The summed E-state index contributed by atoms with van der Waals surface area (Å²) in [5.74, 6) is -0.0134. The molecule has 2 N–H and O–H groups in total. The summed E-state index contributed by atoms with van der Waals surface area (Å²) in [6, 6.07) is 8.21. The number of H-pyrrole nitrogens is 1. The number of nitrogens with one attached hydrogen (secondary N) is 1. The maximum absolute atomic E-state index is 12.3. The predicted octanol–water partition coefficient (Wildman–Crippen LogP) is 3.71. The fourth-order valence-corrected chi connectivity index (χ4v) is 3.73. The van der Waals surface area contributed by atoms with E-state index in [0.717, 1.165) is 16.9 Å². The predicted molar refractivity (Wildman–Crippen MR) is 95.3 cm³/mol. The molecule has 0 radical (unpaired) electrons. The van der Waals surface area contributed by atoms with Crippen LogP contribution in [0.5, 0.6) is 0 Å². The lowest BCUT2D eigenvalue weighted by Crippen LogP contribution is -2.12. The highest BCUT2D eigenvalue weighted by molar-refractivity contribution is 7.20. The van der Waals surface area contributed by atoms with Crippen molar-refractivity contribution in [3.05, 3.63) is 62.0 Å². The van der Waals surface area contributed by atoms with E-state index in [2.05, 4.69) is 35.9 Å². The van der Waals surface area contributed by atoms with Gasteiger partial charge < -0.3 is 10.1 Å². The average Bonchev–Trinajstić information content (AvgIpc) is 2.85. The number of carboxylic acids is 1. The summed E-state index contributed by atoms with van der Waals surface area (Å²) < 4.78 is 0. The Morgan fingerprint density at radius 1 is 1.29 bits per heavy atom. The van der Waals surface area contributed by atoms with Crippen LogP contribution in [0, 0.1) is 6.92 Å². The van der Waals surface area contributed by atoms with Crippen LogP contribution in [-0.2, 0) is 6.42 Å². The van der Waals surface area contributed by atoms with Crippen LogP contribution in [0.3, 0.4) is 0 Å². The highest BCUT2D eigenvalue weighted by Gasteiger charge is 2.18. The van der Waals surface area contributed by atoms with Gasteiger partial charge in [-0.3, -0.25) is 4.79 Å². The summed E-state index contributed by atoms with van der Waals surface area (Å²) in [6.45, 7) is 5.92. The molecule has 2 heterocycles. The number of aryl methyl sites for hydroxylation is 1. The van der Waals surface area contributed by atoms with E-state index in [0.29, 0.717) is 33.9 Å². The van der Waals surface area contributed by atoms with E-state index in [9.17, 15) is 14.7 Å². The molecule has 3 rings (SSSR count). The average molecular weight is 342 g/mol. The topological polar surface area (TPSA) is 83.0 Å². The highest BCUT2D eigenvalue weighted by atomic mass is 32.1. The van der Waals surface area contributed by atoms with Gasteiger partial charge in [0.2, 0.25) is 0 Å². The van der Waals surface area contributed by atoms with Gasteiger partial charge in [0.1, 0.15) is 15.5 Å². The van der Waals surface area contributed by atoms with Crippen molar-refractivity contribution in [2.75, 3.05) is 0 Å². The lowest BCUT2D eigenvalue weighted by atomic mass is 10.0. The first-order chi connectivity index (χ1) is 11.4. The third-order valence-electron chi connectivity index (χ3n) is 4.06. The number of aromatic nitrogens is 2. The molecule has 0 fully saturated rings. The second-order valence-corrected chi connectivity index (χ2v) is 7.13. The summed E-state index contributed by atoms with van der Waals surface area (Å²) in [5.41, 5.74) is 2.50. The Bertz CT molecular complexity index is 968. The first kappa shape index (κ1) is 16.4. The number of hydrogen-bond donors (Lipinski definition) is 2. The van der Waals surface area contributed by atoms with Crippen LogP contribution in [0.1, 0.15) is 52.0 Å². The zero-order valence-electron chi connectivity index (χ0n) is 13.7. The molecule has 0 aliphatic rings. The first-order valence-corrected chi connectivity index (χ1v) is 8.53. The summed E-state index contributed by atoms with van der Waals surface area (Å²) >= 11 is 1.05. The first-order valence-electron chi connectivity index (χ1n) is 7.71. The molecule has 5 nitrogen and oxygen atoms in total. The van der Waals surface area contributed by atoms with Crippen LogP contribution < -0.4 is 5.56 Å². The standard InChI is InChI=1S/C18H18N2O3S/c1-9(2)12-6-4-11(5-7-12)8-13-19-16(21)14-10(3)15(18(22)23)24-17(14)20-13/h4-7,9H,8H2,1-3H3,(H,22,23)(H,19,20,21). The number of hydrogen-bond acceptors (Lipinski definition) is 4. The van der Waals surface area contributed by atoms with Gasteiger partial charge in [-0.1, -0.05) is 38.1 Å². The smallest absolute Gasteiger partial charge is 0.346 e. The van der Waals surface area contributed by atoms with Gasteiger partial charge in [0.15, 0.2) is 0 Å². The van der Waals surface area contributed by atoms with Crippen LogP contribution in [-0.4, -0.2) is 21.0 Å². The molecular formula is C18H18N2O3S. The number of benzene rings is 1. The minimum Gasteiger partial charge on any atom is -0.477 e. The van der Waals surface area contributed by atoms with Crippen molar-refractivity contribution in [3.8, 4) is 0 Å². The van der Waals surface area contributed by atoms with E-state index in [1.54, 1.807) is 6.92 Å². The number of nitrogens with zero attached hydrogens (tertiary/aromatic N) is 1. The van der Waals surface area contributed by atoms with Crippen LogP contribution in [0.4, 0.5) is 0 Å². The van der Waals surface area contributed by atoms with Crippen LogP contribution >= 0.6 is 11.3 Å². The van der Waals surface area contributed by atoms with Gasteiger partial charge in [-0.15, -0.1) is 11.3 Å². The molecule has 0 aliphatic heterocycles. The van der Waals surface area contributed by atoms with Crippen molar-refractivity contribution < 1.29 is 9.90 Å². The Labute approximate surface area is 143 Å². The zero-order valence-corrected chi connectivity index (χ0v) is 14.5. The Morgan fingerprint density at radius 3 is 2.54 bits per heavy atom. The van der Waals surface area contributed by atoms with Gasteiger partial charge in [-0.05, 0) is 29.5 Å². The van der Waals surface area contributed by atoms with Crippen molar-refractivity contribution in [2.24, 2.45) is 0 Å². The molecule has 0 saturated carbocycles. The van der Waals surface area contributed by atoms with E-state index in [-0.39, 0.29) is 10.4 Å². The fourth-order valence-electron chi connectivity index (χ4n) is 2.69. The van der Waals surface area contributed by atoms with Crippen molar-refractivity contribution in [3.63, 3.8) is 0 Å². The molecule has 0 spiro atoms. The molecule has 24 heavy (non-hydrogen) atoms. The second kappa shape index (κ2) is 6.20. The van der Waals surface area contributed by atoms with Gasteiger partial charge in [-0.25, -0.2) is 9.78 Å². The molecule has 0 amide bonds. The Hall–Kier alpha value is -2.47. The largest absolute Gasteiger partial charge is 0.477 e. The molecule has 124 valence electrons. The van der Waals surface area contributed by atoms with Gasteiger partial charge in [0, 0.05) is 6.42 Å². The minimum absolute atomic E-state index is 0.168. The molecule has 3 aromatic rings. The third-order valence-corrected chi connectivity index (χ3v) is 5.24. The summed E-state index contributed by atoms with van der Waals surface area (Å²) in [5, 5.41) is 9.57. The van der Waals surface area contributed by atoms with E-state index >= 15 is 0 Å². The highest BCUT2D eigenvalue weighted by Crippen LogP contribution is 2.27. The van der Waals surface area contributed by atoms with E-state index in [1.807, 2.05) is 12.1 Å². The molecule has 6 heteroatoms. The molecule has 0 aliphatic carbocycles. The number of fused-ring (bicyclic) bond motifs is 1. The summed E-state index contributed by atoms with van der Waals surface area (Å²) in [4.78, 5) is 31.4. The number of carbonyl (C=O) groups is 1. The van der Waals surface area contributed by atoms with Crippen LogP contribution in [0.15, 0.2) is 29.1 Å². The van der Waals surface area contributed by atoms with Gasteiger partial charge >= 0.3 is 5.97 Å². The number of rotatable bonds is 4. The molecule has 0 unspecified atom stereocenters. The van der Waals surface area contributed by atoms with E-state index < -0.39 is 5.97 Å². The fraction of sp³-hybridized carbons (Fsp3) is 0.278. The van der Waals surface area contributed by atoms with Gasteiger partial charge in [0.25, 0.3) is 5.56 Å².